The van der Waals surface area contributed by atoms with Gasteiger partial charge in [0.1, 0.15) is 11.3 Å². The van der Waals surface area contributed by atoms with E-state index in [4.69, 9.17) is 0 Å². The average molecular weight is 390 g/mol. The van der Waals surface area contributed by atoms with Crippen LogP contribution in [0.1, 0.15) is 23.8 Å². The molecule has 1 heterocycles. The van der Waals surface area contributed by atoms with Gasteiger partial charge in [-0.15, -0.1) is 11.3 Å². The van der Waals surface area contributed by atoms with Gasteiger partial charge >= 0.3 is 6.11 Å². The highest BCUT2D eigenvalue weighted by molar-refractivity contribution is 7.19. The minimum Gasteiger partial charge on any atom is -0.429 e. The zero-order valence-electron chi connectivity index (χ0n) is 13.4. The molecule has 138 valence electrons. The molecule has 0 saturated heterocycles. The van der Waals surface area contributed by atoms with Crippen LogP contribution in [0, 0.1) is 23.3 Å². The van der Waals surface area contributed by atoms with Crippen LogP contribution in [0.4, 0.5) is 26.3 Å². The summed E-state index contributed by atoms with van der Waals surface area (Å²) in [6, 6.07) is 4.45. The Bertz CT molecular complexity index is 943. The van der Waals surface area contributed by atoms with E-state index in [-0.39, 0.29) is 16.8 Å². The van der Waals surface area contributed by atoms with Crippen LogP contribution in [0.25, 0.3) is 10.1 Å². The number of fused-ring (bicyclic) bond motifs is 1. The molecule has 0 unspecified atom stereocenters. The first kappa shape index (κ1) is 18.6. The third kappa shape index (κ3) is 3.38. The van der Waals surface area contributed by atoms with Gasteiger partial charge in [-0.1, -0.05) is 19.4 Å². The van der Waals surface area contributed by atoms with Crippen LogP contribution >= 0.6 is 11.3 Å². The minimum atomic E-state index is -4.20. The number of thiophene rings is 1. The van der Waals surface area contributed by atoms with Gasteiger partial charge in [0, 0.05) is 17.0 Å². The number of benzene rings is 2. The predicted octanol–water partition coefficient (Wildman–Crippen LogP) is 6.54. The fourth-order valence-corrected chi connectivity index (χ4v) is 3.71. The standard InChI is InChI=1S/C18H12F6OS/c1-2-3-11-6-9-4-5-12(15(21)17(9)26-11)18(23,24)25-10-7-13(19)16(22)14(20)8-10/h4-8H,2-3H2,1H3. The Balaban J connectivity index is 1.99. The van der Waals surface area contributed by atoms with E-state index in [2.05, 4.69) is 4.74 Å². The summed E-state index contributed by atoms with van der Waals surface area (Å²) in [5, 5.41) is 0.481. The number of hydrogen-bond donors (Lipinski definition) is 0. The molecule has 0 atom stereocenters. The first-order chi connectivity index (χ1) is 12.2. The lowest BCUT2D eigenvalue weighted by molar-refractivity contribution is -0.187. The molecule has 0 aliphatic rings. The molecule has 1 aromatic heterocycles. The molecule has 1 nitrogen and oxygen atoms in total. The van der Waals surface area contributed by atoms with Crippen molar-refractivity contribution in [2.75, 3.05) is 0 Å². The van der Waals surface area contributed by atoms with E-state index in [1.807, 2.05) is 6.92 Å². The van der Waals surface area contributed by atoms with Gasteiger partial charge in [-0.25, -0.2) is 17.6 Å². The summed E-state index contributed by atoms with van der Waals surface area (Å²) >= 11 is 1.06. The maximum Gasteiger partial charge on any atom is 0.429 e. The highest BCUT2D eigenvalue weighted by Crippen LogP contribution is 2.38. The second-order valence-electron chi connectivity index (χ2n) is 5.63. The average Bonchev–Trinajstić information content (AvgIpc) is 2.96. The van der Waals surface area contributed by atoms with Crippen LogP contribution in [0.15, 0.2) is 30.3 Å². The van der Waals surface area contributed by atoms with E-state index >= 15 is 0 Å². The summed E-state index contributed by atoms with van der Waals surface area (Å²) in [7, 11) is 0. The third-order valence-corrected chi connectivity index (χ3v) is 4.89. The molecule has 0 bridgehead atoms. The maximum absolute atomic E-state index is 14.6. The van der Waals surface area contributed by atoms with Crippen LogP contribution in [0.3, 0.4) is 0 Å². The first-order valence-corrected chi connectivity index (χ1v) is 8.47. The molecule has 3 rings (SSSR count). The van der Waals surface area contributed by atoms with E-state index in [0.29, 0.717) is 11.8 Å². The van der Waals surface area contributed by atoms with E-state index in [1.54, 1.807) is 6.07 Å². The highest BCUT2D eigenvalue weighted by Gasteiger charge is 2.39. The van der Waals surface area contributed by atoms with Gasteiger partial charge in [0.2, 0.25) is 0 Å². The second kappa shape index (κ2) is 6.83. The Hall–Kier alpha value is -2.22. The van der Waals surface area contributed by atoms with Crippen molar-refractivity contribution in [2.24, 2.45) is 0 Å². The smallest absolute Gasteiger partial charge is 0.429 e. The quantitative estimate of drug-likeness (QED) is 0.355. The topological polar surface area (TPSA) is 9.23 Å². The van der Waals surface area contributed by atoms with Gasteiger partial charge in [0.15, 0.2) is 23.3 Å². The SMILES string of the molecule is CCCc1cc2ccc(C(F)(F)Oc3cc(F)c(F)c(F)c3)c(F)c2s1. The van der Waals surface area contributed by atoms with Crippen LogP contribution in [-0.4, -0.2) is 0 Å². The van der Waals surface area contributed by atoms with Crippen molar-refractivity contribution < 1.29 is 31.1 Å². The molecule has 0 saturated carbocycles. The zero-order chi connectivity index (χ0) is 19.1. The van der Waals surface area contributed by atoms with E-state index in [1.165, 1.54) is 6.07 Å². The van der Waals surface area contributed by atoms with Gasteiger partial charge in [0.05, 0.1) is 4.70 Å². The van der Waals surface area contributed by atoms with Gasteiger partial charge < -0.3 is 4.74 Å². The highest BCUT2D eigenvalue weighted by atomic mass is 32.1. The van der Waals surface area contributed by atoms with E-state index < -0.39 is 40.7 Å². The summed E-state index contributed by atoms with van der Waals surface area (Å²) in [6.45, 7) is 1.94. The molecule has 26 heavy (non-hydrogen) atoms. The van der Waals surface area contributed by atoms with Crippen LogP contribution in [0.5, 0.6) is 5.75 Å². The van der Waals surface area contributed by atoms with Gasteiger partial charge in [-0.3, -0.25) is 0 Å². The van der Waals surface area contributed by atoms with E-state index in [9.17, 15) is 26.3 Å². The van der Waals surface area contributed by atoms with Crippen molar-refractivity contribution >= 4 is 21.4 Å². The number of alkyl halides is 2. The van der Waals surface area contributed by atoms with Gasteiger partial charge in [-0.2, -0.15) is 8.78 Å². The molecule has 0 aliphatic heterocycles. The molecule has 0 aliphatic carbocycles. The molecule has 0 amide bonds. The van der Waals surface area contributed by atoms with Crippen LogP contribution in [0.2, 0.25) is 0 Å². The Labute approximate surface area is 148 Å². The predicted molar refractivity (Wildman–Crippen MR) is 86.6 cm³/mol. The maximum atomic E-state index is 14.6. The number of halogens is 6. The summed E-state index contributed by atoms with van der Waals surface area (Å²) in [5.41, 5.74) is -1.07. The van der Waals surface area contributed by atoms with Crippen molar-refractivity contribution in [3.63, 3.8) is 0 Å². The fourth-order valence-electron chi connectivity index (χ4n) is 2.51. The molecular weight excluding hydrogens is 378 g/mol. The van der Waals surface area contributed by atoms with Gasteiger partial charge in [-0.05, 0) is 23.9 Å². The molecule has 8 heteroatoms. The Kier molecular flexibility index (Phi) is 4.88. The molecule has 0 N–H and O–H groups in total. The summed E-state index contributed by atoms with van der Waals surface area (Å²) in [4.78, 5) is 0.852. The zero-order valence-corrected chi connectivity index (χ0v) is 14.2. The molecule has 0 fully saturated rings. The number of hydrogen-bond acceptors (Lipinski definition) is 2. The number of aryl methyl sites for hydroxylation is 1. The summed E-state index contributed by atoms with van der Waals surface area (Å²) in [5.74, 6) is -7.30. The Morgan fingerprint density at radius 1 is 0.962 bits per heavy atom. The van der Waals surface area contributed by atoms with Crippen LogP contribution in [-0.2, 0) is 12.5 Å². The summed E-state index contributed by atoms with van der Waals surface area (Å²) < 4.78 is 86.9. The first-order valence-electron chi connectivity index (χ1n) is 7.65. The summed E-state index contributed by atoms with van der Waals surface area (Å²) in [6.07, 6.45) is -2.69. The second-order valence-corrected chi connectivity index (χ2v) is 6.76. The van der Waals surface area contributed by atoms with Crippen molar-refractivity contribution in [2.45, 2.75) is 25.9 Å². The van der Waals surface area contributed by atoms with E-state index in [0.717, 1.165) is 28.7 Å². The van der Waals surface area contributed by atoms with Crippen molar-refractivity contribution in [1.82, 2.24) is 0 Å². The largest absolute Gasteiger partial charge is 0.429 e. The van der Waals surface area contributed by atoms with Crippen molar-refractivity contribution in [3.05, 3.63) is 64.0 Å². The lowest BCUT2D eigenvalue weighted by atomic mass is 10.1. The normalized spacial score (nSPS) is 12.0. The molecule has 3 aromatic rings. The fraction of sp³-hybridized carbons (Fsp3) is 0.222. The monoisotopic (exact) mass is 390 g/mol. The molecule has 2 aromatic carbocycles. The number of ether oxygens (including phenoxy) is 1. The van der Waals surface area contributed by atoms with Crippen molar-refractivity contribution in [1.29, 1.82) is 0 Å². The van der Waals surface area contributed by atoms with Gasteiger partial charge in [0.25, 0.3) is 0 Å². The van der Waals surface area contributed by atoms with Crippen molar-refractivity contribution in [3.8, 4) is 5.75 Å². The van der Waals surface area contributed by atoms with Crippen LogP contribution < -0.4 is 4.74 Å². The lowest BCUT2D eigenvalue weighted by Gasteiger charge is -2.19. The minimum absolute atomic E-state index is 0.0469. The molecular formula is C18H12F6OS. The number of rotatable bonds is 5. The third-order valence-electron chi connectivity index (χ3n) is 3.69. The lowest BCUT2D eigenvalue weighted by Crippen LogP contribution is -2.23. The molecule has 0 radical (unpaired) electrons. The molecule has 0 spiro atoms. The Morgan fingerprint density at radius 2 is 1.62 bits per heavy atom. The Morgan fingerprint density at radius 3 is 2.23 bits per heavy atom.